The predicted octanol–water partition coefficient (Wildman–Crippen LogP) is 1.95. The van der Waals surface area contributed by atoms with Crippen LogP contribution in [0.2, 0.25) is 0 Å². The molecule has 110 valence electrons. The molecule has 2 amide bonds. The van der Waals surface area contributed by atoms with E-state index in [1.807, 2.05) is 24.3 Å². The van der Waals surface area contributed by atoms with Crippen molar-refractivity contribution in [3.8, 4) is 6.07 Å². The van der Waals surface area contributed by atoms with Gasteiger partial charge in [0.15, 0.2) is 0 Å². The van der Waals surface area contributed by atoms with Gasteiger partial charge in [-0.1, -0.05) is 30.3 Å². The van der Waals surface area contributed by atoms with Crippen LogP contribution in [0.1, 0.15) is 27.9 Å². The van der Waals surface area contributed by atoms with Crippen molar-refractivity contribution in [1.82, 2.24) is 10.9 Å². The Bertz CT molecular complexity index is 688. The molecule has 0 atom stereocenters. The second-order valence-electron chi connectivity index (χ2n) is 4.68. The number of hydrazine groups is 1. The Labute approximate surface area is 128 Å². The zero-order chi connectivity index (χ0) is 15.8. The molecule has 0 fully saturated rings. The average Bonchev–Trinajstić information content (AvgIpc) is 2.59. The lowest BCUT2D eigenvalue weighted by molar-refractivity contribution is -0.121. The SMILES string of the molecule is N#Cc1ccc(CCC(=O)NNC(=O)c2ccccc2)cc1. The first-order valence-corrected chi connectivity index (χ1v) is 6.82. The highest BCUT2D eigenvalue weighted by molar-refractivity contribution is 5.95. The van der Waals surface area contributed by atoms with Gasteiger partial charge in [-0.2, -0.15) is 5.26 Å². The number of carbonyl (C=O) groups excluding carboxylic acids is 2. The number of rotatable bonds is 4. The molecule has 0 radical (unpaired) electrons. The third-order valence-electron chi connectivity index (χ3n) is 3.08. The van der Waals surface area contributed by atoms with Crippen LogP contribution in [-0.2, 0) is 11.2 Å². The van der Waals surface area contributed by atoms with E-state index in [4.69, 9.17) is 5.26 Å². The van der Waals surface area contributed by atoms with Crippen LogP contribution in [-0.4, -0.2) is 11.8 Å². The van der Waals surface area contributed by atoms with E-state index in [0.717, 1.165) is 5.56 Å². The summed E-state index contributed by atoms with van der Waals surface area (Å²) in [5, 5.41) is 8.71. The number of nitrogens with zero attached hydrogens (tertiary/aromatic N) is 1. The molecule has 2 N–H and O–H groups in total. The Morgan fingerprint density at radius 3 is 2.27 bits per heavy atom. The third-order valence-corrected chi connectivity index (χ3v) is 3.08. The van der Waals surface area contributed by atoms with Crippen LogP contribution < -0.4 is 10.9 Å². The summed E-state index contributed by atoms with van der Waals surface area (Å²) < 4.78 is 0. The summed E-state index contributed by atoms with van der Waals surface area (Å²) in [5.41, 5.74) is 6.78. The lowest BCUT2D eigenvalue weighted by Gasteiger charge is -2.07. The van der Waals surface area contributed by atoms with Crippen LogP contribution in [0, 0.1) is 11.3 Å². The maximum Gasteiger partial charge on any atom is 0.269 e. The first kappa shape index (κ1) is 15.3. The van der Waals surface area contributed by atoms with Gasteiger partial charge in [-0.3, -0.25) is 20.4 Å². The van der Waals surface area contributed by atoms with Crippen molar-refractivity contribution in [1.29, 1.82) is 5.26 Å². The quantitative estimate of drug-likeness (QED) is 0.845. The van der Waals surface area contributed by atoms with Crippen molar-refractivity contribution in [2.75, 3.05) is 0 Å². The summed E-state index contributed by atoms with van der Waals surface area (Å²) >= 11 is 0. The van der Waals surface area contributed by atoms with Crippen LogP contribution in [0.15, 0.2) is 54.6 Å². The molecule has 0 aliphatic carbocycles. The zero-order valence-electron chi connectivity index (χ0n) is 11.9. The van der Waals surface area contributed by atoms with Crippen molar-refractivity contribution < 1.29 is 9.59 Å². The van der Waals surface area contributed by atoms with E-state index in [2.05, 4.69) is 10.9 Å². The van der Waals surface area contributed by atoms with Crippen LogP contribution in [0.4, 0.5) is 0 Å². The molecule has 0 aliphatic heterocycles. The van der Waals surface area contributed by atoms with Gasteiger partial charge < -0.3 is 0 Å². The normalized spacial score (nSPS) is 9.59. The van der Waals surface area contributed by atoms with E-state index < -0.39 is 0 Å². The Morgan fingerprint density at radius 1 is 0.955 bits per heavy atom. The minimum absolute atomic E-state index is 0.251. The summed E-state index contributed by atoms with van der Waals surface area (Å²) in [4.78, 5) is 23.4. The fourth-order valence-corrected chi connectivity index (χ4v) is 1.85. The molecule has 5 heteroatoms. The Balaban J connectivity index is 1.76. The van der Waals surface area contributed by atoms with E-state index in [-0.39, 0.29) is 18.2 Å². The van der Waals surface area contributed by atoms with Crippen molar-refractivity contribution in [2.45, 2.75) is 12.8 Å². The van der Waals surface area contributed by atoms with Crippen molar-refractivity contribution in [2.24, 2.45) is 0 Å². The fourth-order valence-electron chi connectivity index (χ4n) is 1.85. The van der Waals surface area contributed by atoms with E-state index in [9.17, 15) is 9.59 Å². The van der Waals surface area contributed by atoms with Crippen molar-refractivity contribution >= 4 is 11.8 Å². The minimum Gasteiger partial charge on any atom is -0.273 e. The molecule has 0 spiro atoms. The molecule has 0 heterocycles. The maximum absolute atomic E-state index is 11.7. The van der Waals surface area contributed by atoms with Gasteiger partial charge in [0.1, 0.15) is 0 Å². The topological polar surface area (TPSA) is 82.0 Å². The molecule has 2 aromatic rings. The van der Waals surface area contributed by atoms with E-state index in [0.29, 0.717) is 17.5 Å². The van der Waals surface area contributed by atoms with Gasteiger partial charge in [-0.05, 0) is 36.2 Å². The van der Waals surface area contributed by atoms with E-state index in [1.54, 1.807) is 36.4 Å². The number of hydrogen-bond acceptors (Lipinski definition) is 3. The summed E-state index contributed by atoms with van der Waals surface area (Å²) in [6, 6.07) is 17.7. The van der Waals surface area contributed by atoms with E-state index in [1.165, 1.54) is 0 Å². The first-order valence-electron chi connectivity index (χ1n) is 6.82. The monoisotopic (exact) mass is 293 g/mol. The summed E-state index contributed by atoms with van der Waals surface area (Å²) in [7, 11) is 0. The molecule has 0 unspecified atom stereocenters. The number of hydrogen-bond donors (Lipinski definition) is 2. The number of benzene rings is 2. The maximum atomic E-state index is 11.7. The van der Waals surface area contributed by atoms with Gasteiger partial charge >= 0.3 is 0 Å². The Morgan fingerprint density at radius 2 is 1.64 bits per heavy atom. The molecule has 2 rings (SSSR count). The van der Waals surface area contributed by atoms with Gasteiger partial charge in [0.25, 0.3) is 5.91 Å². The molecule has 2 aromatic carbocycles. The number of carbonyl (C=O) groups is 2. The van der Waals surface area contributed by atoms with Crippen LogP contribution in [0.25, 0.3) is 0 Å². The molecular formula is C17H15N3O2. The predicted molar refractivity (Wildman–Crippen MR) is 81.5 cm³/mol. The standard InChI is InChI=1S/C17H15N3O2/c18-12-14-8-6-13(7-9-14)10-11-16(21)19-20-17(22)15-4-2-1-3-5-15/h1-9H,10-11H2,(H,19,21)(H,20,22). The second kappa shape index (κ2) is 7.60. The minimum atomic E-state index is -0.354. The van der Waals surface area contributed by atoms with Gasteiger partial charge in [0.05, 0.1) is 11.6 Å². The smallest absolute Gasteiger partial charge is 0.269 e. The Hall–Kier alpha value is -3.13. The van der Waals surface area contributed by atoms with Crippen molar-refractivity contribution in [3.63, 3.8) is 0 Å². The molecule has 22 heavy (non-hydrogen) atoms. The highest BCUT2D eigenvalue weighted by Crippen LogP contribution is 2.05. The molecule has 0 aromatic heterocycles. The highest BCUT2D eigenvalue weighted by atomic mass is 16.2. The zero-order valence-corrected chi connectivity index (χ0v) is 11.9. The lowest BCUT2D eigenvalue weighted by atomic mass is 10.1. The molecule has 0 saturated heterocycles. The van der Waals surface area contributed by atoms with E-state index >= 15 is 0 Å². The first-order chi connectivity index (χ1) is 10.7. The van der Waals surface area contributed by atoms with Crippen molar-refractivity contribution in [3.05, 3.63) is 71.3 Å². The van der Waals surface area contributed by atoms with Crippen LogP contribution in [0.5, 0.6) is 0 Å². The summed E-state index contributed by atoms with van der Waals surface area (Å²) in [5.74, 6) is -0.624. The molecule has 0 aliphatic rings. The number of nitriles is 1. The average molecular weight is 293 g/mol. The molecule has 5 nitrogen and oxygen atoms in total. The van der Waals surface area contributed by atoms with Gasteiger partial charge in [0, 0.05) is 12.0 Å². The van der Waals surface area contributed by atoms with Crippen LogP contribution in [0.3, 0.4) is 0 Å². The Kier molecular flexibility index (Phi) is 5.27. The van der Waals surface area contributed by atoms with Gasteiger partial charge in [0.2, 0.25) is 5.91 Å². The fraction of sp³-hybridized carbons (Fsp3) is 0.118. The largest absolute Gasteiger partial charge is 0.273 e. The summed E-state index contributed by atoms with van der Waals surface area (Å²) in [6.45, 7) is 0. The molecule has 0 bridgehead atoms. The number of aryl methyl sites for hydroxylation is 1. The molecular weight excluding hydrogens is 278 g/mol. The second-order valence-corrected chi connectivity index (χ2v) is 4.68. The molecule has 0 saturated carbocycles. The third kappa shape index (κ3) is 4.46. The number of nitrogens with one attached hydrogen (secondary N) is 2. The number of amides is 2. The van der Waals surface area contributed by atoms with Gasteiger partial charge in [-0.15, -0.1) is 0 Å². The van der Waals surface area contributed by atoms with Gasteiger partial charge in [-0.25, -0.2) is 0 Å². The lowest BCUT2D eigenvalue weighted by Crippen LogP contribution is -2.41. The highest BCUT2D eigenvalue weighted by Gasteiger charge is 2.06. The van der Waals surface area contributed by atoms with Crippen LogP contribution >= 0.6 is 0 Å². The summed E-state index contributed by atoms with van der Waals surface area (Å²) in [6.07, 6.45) is 0.791.